The first kappa shape index (κ1) is 13.4. The van der Waals surface area contributed by atoms with Crippen molar-refractivity contribution in [2.75, 3.05) is 26.7 Å². The molecule has 0 spiro atoms. The number of hydrogen-bond donors (Lipinski definition) is 1. The van der Waals surface area contributed by atoms with Crippen molar-refractivity contribution in [3.05, 3.63) is 0 Å². The molecule has 0 amide bonds. The van der Waals surface area contributed by atoms with Crippen molar-refractivity contribution in [2.24, 2.45) is 11.8 Å². The average Bonchev–Trinajstić information content (AvgIpc) is 2.82. The Balaban J connectivity index is 1.60. The summed E-state index contributed by atoms with van der Waals surface area (Å²) in [6, 6.07) is 0.751. The molecule has 0 bridgehead atoms. The molecule has 100 valence electrons. The molecule has 1 heterocycles. The first-order valence-electron chi connectivity index (χ1n) is 7.69. The average molecular weight is 238 g/mol. The van der Waals surface area contributed by atoms with Gasteiger partial charge in [-0.3, -0.25) is 0 Å². The maximum Gasteiger partial charge on any atom is 0.0114 e. The largest absolute Gasteiger partial charge is 0.317 e. The van der Waals surface area contributed by atoms with Crippen LogP contribution in [0.1, 0.15) is 51.9 Å². The van der Waals surface area contributed by atoms with Crippen molar-refractivity contribution in [3.63, 3.8) is 0 Å². The second kappa shape index (κ2) is 6.75. The Bertz CT molecular complexity index is 211. The molecule has 2 nitrogen and oxygen atoms in total. The van der Waals surface area contributed by atoms with E-state index in [4.69, 9.17) is 0 Å². The van der Waals surface area contributed by atoms with Crippen molar-refractivity contribution in [3.8, 4) is 0 Å². The summed E-state index contributed by atoms with van der Waals surface area (Å²) in [5, 5.41) is 3.45. The lowest BCUT2D eigenvalue weighted by atomic mass is 9.93. The Labute approximate surface area is 107 Å². The van der Waals surface area contributed by atoms with Gasteiger partial charge in [-0.2, -0.15) is 0 Å². The van der Waals surface area contributed by atoms with Crippen molar-refractivity contribution in [1.82, 2.24) is 10.2 Å². The van der Waals surface area contributed by atoms with Gasteiger partial charge in [-0.1, -0.05) is 32.6 Å². The fraction of sp³-hybridized carbons (Fsp3) is 1.00. The minimum absolute atomic E-state index is 0.751. The van der Waals surface area contributed by atoms with Gasteiger partial charge < -0.3 is 10.2 Å². The van der Waals surface area contributed by atoms with E-state index in [2.05, 4.69) is 24.2 Å². The zero-order valence-electron chi connectivity index (χ0n) is 11.8. The van der Waals surface area contributed by atoms with E-state index in [9.17, 15) is 0 Å². The van der Waals surface area contributed by atoms with Crippen molar-refractivity contribution >= 4 is 0 Å². The highest BCUT2D eigenvalue weighted by Gasteiger charge is 2.24. The highest BCUT2D eigenvalue weighted by molar-refractivity contribution is 4.81. The van der Waals surface area contributed by atoms with Crippen LogP contribution >= 0.6 is 0 Å². The lowest BCUT2D eigenvalue weighted by Crippen LogP contribution is -2.47. The van der Waals surface area contributed by atoms with E-state index in [1.165, 1.54) is 64.6 Å². The van der Waals surface area contributed by atoms with E-state index in [0.717, 1.165) is 17.9 Å². The molecule has 2 rings (SSSR count). The fourth-order valence-electron chi connectivity index (χ4n) is 3.77. The molecular formula is C15H30N2. The molecule has 1 aliphatic heterocycles. The van der Waals surface area contributed by atoms with E-state index in [0.29, 0.717) is 0 Å². The van der Waals surface area contributed by atoms with Crippen molar-refractivity contribution < 1.29 is 0 Å². The van der Waals surface area contributed by atoms with E-state index >= 15 is 0 Å². The van der Waals surface area contributed by atoms with Gasteiger partial charge in [-0.05, 0) is 51.2 Å². The van der Waals surface area contributed by atoms with Gasteiger partial charge in [0, 0.05) is 12.6 Å². The minimum atomic E-state index is 0.751. The highest BCUT2D eigenvalue weighted by atomic mass is 15.1. The summed E-state index contributed by atoms with van der Waals surface area (Å²) in [6.45, 7) is 6.35. The lowest BCUT2D eigenvalue weighted by Gasteiger charge is -2.37. The standard InChI is InChI=1S/C15H30N2/c1-13-12-17(11-9-15(13)16-2)10-5-8-14-6-3-4-7-14/h13-16H,3-12H2,1-2H3. The van der Waals surface area contributed by atoms with Crippen LogP contribution in [0.5, 0.6) is 0 Å². The molecule has 0 radical (unpaired) electrons. The van der Waals surface area contributed by atoms with E-state index in [1.807, 2.05) is 0 Å². The van der Waals surface area contributed by atoms with Crippen molar-refractivity contribution in [2.45, 2.75) is 57.9 Å². The SMILES string of the molecule is CNC1CCN(CCCC2CCCC2)CC1C. The van der Waals surface area contributed by atoms with Gasteiger partial charge in [0.05, 0.1) is 0 Å². The summed E-state index contributed by atoms with van der Waals surface area (Å²) in [5.41, 5.74) is 0. The van der Waals surface area contributed by atoms with E-state index < -0.39 is 0 Å². The first-order valence-corrected chi connectivity index (χ1v) is 7.69. The quantitative estimate of drug-likeness (QED) is 0.792. The molecule has 17 heavy (non-hydrogen) atoms. The predicted octanol–water partition coefficient (Wildman–Crippen LogP) is 2.89. The second-order valence-corrected chi connectivity index (χ2v) is 6.25. The summed E-state index contributed by atoms with van der Waals surface area (Å²) in [6.07, 6.45) is 10.3. The van der Waals surface area contributed by atoms with Crippen LogP contribution in [0.25, 0.3) is 0 Å². The van der Waals surface area contributed by atoms with Gasteiger partial charge in [-0.25, -0.2) is 0 Å². The zero-order valence-corrected chi connectivity index (χ0v) is 11.8. The molecule has 2 fully saturated rings. The monoisotopic (exact) mass is 238 g/mol. The third-order valence-corrected chi connectivity index (χ3v) is 4.92. The number of likely N-dealkylation sites (tertiary alicyclic amines) is 1. The molecular weight excluding hydrogens is 208 g/mol. The normalized spacial score (nSPS) is 32.1. The third-order valence-electron chi connectivity index (χ3n) is 4.92. The molecule has 2 unspecified atom stereocenters. The zero-order chi connectivity index (χ0) is 12.1. The maximum atomic E-state index is 3.45. The van der Waals surface area contributed by atoms with Crippen LogP contribution in [0.4, 0.5) is 0 Å². The molecule has 2 heteroatoms. The van der Waals surface area contributed by atoms with E-state index in [-0.39, 0.29) is 0 Å². The number of nitrogens with one attached hydrogen (secondary N) is 1. The van der Waals surface area contributed by atoms with Crippen LogP contribution in [0.15, 0.2) is 0 Å². The van der Waals surface area contributed by atoms with Crippen LogP contribution in [0.3, 0.4) is 0 Å². The maximum absolute atomic E-state index is 3.45. The summed E-state index contributed by atoms with van der Waals surface area (Å²) in [5.74, 6) is 1.89. The molecule has 2 atom stereocenters. The summed E-state index contributed by atoms with van der Waals surface area (Å²) in [7, 11) is 2.11. The van der Waals surface area contributed by atoms with Crippen LogP contribution in [0, 0.1) is 11.8 Å². The Morgan fingerprint density at radius 2 is 1.94 bits per heavy atom. The van der Waals surface area contributed by atoms with Crippen molar-refractivity contribution in [1.29, 1.82) is 0 Å². The number of rotatable bonds is 5. The van der Waals surface area contributed by atoms with Gasteiger partial charge in [0.15, 0.2) is 0 Å². The molecule has 0 aromatic heterocycles. The molecule has 2 aliphatic rings. The summed E-state index contributed by atoms with van der Waals surface area (Å²) < 4.78 is 0. The van der Waals surface area contributed by atoms with Crippen LogP contribution in [0.2, 0.25) is 0 Å². The second-order valence-electron chi connectivity index (χ2n) is 6.25. The smallest absolute Gasteiger partial charge is 0.0114 e. The van der Waals surface area contributed by atoms with Crippen LogP contribution in [-0.2, 0) is 0 Å². The Kier molecular flexibility index (Phi) is 5.30. The van der Waals surface area contributed by atoms with Gasteiger partial charge in [0.25, 0.3) is 0 Å². The molecule has 0 aromatic carbocycles. The predicted molar refractivity (Wildman–Crippen MR) is 74.3 cm³/mol. The molecule has 1 aliphatic carbocycles. The van der Waals surface area contributed by atoms with Gasteiger partial charge in [-0.15, -0.1) is 0 Å². The Morgan fingerprint density at radius 1 is 1.18 bits per heavy atom. The van der Waals surface area contributed by atoms with Gasteiger partial charge in [0.1, 0.15) is 0 Å². The van der Waals surface area contributed by atoms with Crippen LogP contribution < -0.4 is 5.32 Å². The number of hydrogen-bond acceptors (Lipinski definition) is 2. The molecule has 0 aromatic rings. The highest BCUT2D eigenvalue weighted by Crippen LogP contribution is 2.28. The topological polar surface area (TPSA) is 15.3 Å². The first-order chi connectivity index (χ1) is 8.29. The lowest BCUT2D eigenvalue weighted by molar-refractivity contribution is 0.147. The number of nitrogens with zero attached hydrogens (tertiary/aromatic N) is 1. The van der Waals surface area contributed by atoms with Gasteiger partial charge in [0.2, 0.25) is 0 Å². The van der Waals surface area contributed by atoms with Gasteiger partial charge >= 0.3 is 0 Å². The van der Waals surface area contributed by atoms with Crippen LogP contribution in [-0.4, -0.2) is 37.6 Å². The van der Waals surface area contributed by atoms with E-state index in [1.54, 1.807) is 0 Å². The summed E-state index contributed by atoms with van der Waals surface area (Å²) in [4.78, 5) is 2.69. The number of piperidine rings is 1. The summed E-state index contributed by atoms with van der Waals surface area (Å²) >= 11 is 0. The fourth-order valence-corrected chi connectivity index (χ4v) is 3.77. The third kappa shape index (κ3) is 3.96. The Morgan fingerprint density at radius 3 is 2.59 bits per heavy atom. The molecule has 1 saturated carbocycles. The molecule has 1 saturated heterocycles. The minimum Gasteiger partial charge on any atom is -0.317 e. The Hall–Kier alpha value is -0.0800. The molecule has 1 N–H and O–H groups in total.